The summed E-state index contributed by atoms with van der Waals surface area (Å²) in [6.07, 6.45) is 13.3. The number of rotatable bonds is 6. The summed E-state index contributed by atoms with van der Waals surface area (Å²) in [5, 5.41) is 19.5. The molecule has 0 amide bonds. The van der Waals surface area contributed by atoms with Gasteiger partial charge >= 0.3 is 5.97 Å². The molecule has 3 nitrogen and oxygen atoms in total. The van der Waals surface area contributed by atoms with Crippen LogP contribution in [0.5, 0.6) is 0 Å². The van der Waals surface area contributed by atoms with Gasteiger partial charge in [-0.05, 0) is 74.0 Å². The number of hydrogen-bond donors (Lipinski definition) is 2. The van der Waals surface area contributed by atoms with E-state index in [2.05, 4.69) is 46.8 Å². The van der Waals surface area contributed by atoms with Crippen molar-refractivity contribution in [3.63, 3.8) is 0 Å². The quantitative estimate of drug-likeness (QED) is 0.368. The second-order valence-corrected chi connectivity index (χ2v) is 9.34. The summed E-state index contributed by atoms with van der Waals surface area (Å²) in [7, 11) is 0. The standard InChI is InChI=1S/C24H38O3/c1-15(2)10-11-16(3)23-18(5)14-20-21(25)13-12-17(4)24(20)19(23)8-6-7-9-22(26)27/h6-9,11,15,17-21,23-25H,10,12-14H2,1-5H3,(H,26,27)/b8-6+,9-7+,16-11+/t17-,18+,19+,20-,21-,23+,24-/m0/s1. The maximum Gasteiger partial charge on any atom is 0.328 e. The van der Waals surface area contributed by atoms with E-state index in [4.69, 9.17) is 5.11 Å². The molecule has 0 bridgehead atoms. The summed E-state index contributed by atoms with van der Waals surface area (Å²) in [5.41, 5.74) is 1.46. The van der Waals surface area contributed by atoms with Gasteiger partial charge in [0.2, 0.25) is 0 Å². The Hall–Kier alpha value is -1.35. The molecule has 3 heteroatoms. The Balaban J connectivity index is 2.36. The van der Waals surface area contributed by atoms with Crippen LogP contribution in [0.25, 0.3) is 0 Å². The van der Waals surface area contributed by atoms with E-state index in [-0.39, 0.29) is 6.10 Å². The molecule has 2 N–H and O–H groups in total. The van der Waals surface area contributed by atoms with Crippen LogP contribution in [0.1, 0.15) is 60.3 Å². The first-order chi connectivity index (χ1) is 12.7. The third-order valence-electron chi connectivity index (χ3n) is 6.80. The van der Waals surface area contributed by atoms with E-state index in [0.717, 1.165) is 25.7 Å². The monoisotopic (exact) mass is 374 g/mol. The fourth-order valence-electron chi connectivity index (χ4n) is 5.58. The van der Waals surface area contributed by atoms with E-state index in [9.17, 15) is 9.90 Å². The number of allylic oxidation sites excluding steroid dienone is 5. The van der Waals surface area contributed by atoms with Crippen LogP contribution >= 0.6 is 0 Å². The lowest BCUT2D eigenvalue weighted by atomic mass is 9.53. The molecule has 0 aliphatic heterocycles. The van der Waals surface area contributed by atoms with Gasteiger partial charge < -0.3 is 10.2 Å². The predicted molar refractivity (Wildman–Crippen MR) is 111 cm³/mol. The SMILES string of the molecule is C/C(=C\CC(C)C)[C@H]1[C@@H](/C=C/C=C/C(=O)O)[C@H]2[C@@H](C[C@H]1C)[C@@H](O)CC[C@@H]2C. The molecule has 7 atom stereocenters. The number of fused-ring (bicyclic) bond motifs is 1. The van der Waals surface area contributed by atoms with Gasteiger partial charge in [0.05, 0.1) is 6.10 Å². The first-order valence-electron chi connectivity index (χ1n) is 10.6. The lowest BCUT2D eigenvalue weighted by Crippen LogP contribution is -2.48. The van der Waals surface area contributed by atoms with Gasteiger partial charge in [-0.2, -0.15) is 0 Å². The van der Waals surface area contributed by atoms with Crippen LogP contribution in [0.2, 0.25) is 0 Å². The van der Waals surface area contributed by atoms with E-state index in [1.807, 2.05) is 6.08 Å². The fourth-order valence-corrected chi connectivity index (χ4v) is 5.58. The van der Waals surface area contributed by atoms with Crippen LogP contribution in [-0.4, -0.2) is 22.3 Å². The van der Waals surface area contributed by atoms with E-state index < -0.39 is 5.97 Å². The van der Waals surface area contributed by atoms with Crippen molar-refractivity contribution in [3.05, 3.63) is 36.0 Å². The number of carboxylic acid groups (broad SMARTS) is 1. The van der Waals surface area contributed by atoms with Crippen molar-refractivity contribution in [1.29, 1.82) is 0 Å². The second-order valence-electron chi connectivity index (χ2n) is 9.34. The third-order valence-corrected chi connectivity index (χ3v) is 6.80. The maximum absolute atomic E-state index is 10.8. The second kappa shape index (κ2) is 9.73. The zero-order valence-electron chi connectivity index (χ0n) is 17.6. The Morgan fingerprint density at radius 1 is 1.15 bits per heavy atom. The molecule has 0 aromatic rings. The van der Waals surface area contributed by atoms with Gasteiger partial charge in [0, 0.05) is 6.08 Å². The molecule has 2 fully saturated rings. The molecule has 0 spiro atoms. The van der Waals surface area contributed by atoms with Gasteiger partial charge in [0.25, 0.3) is 0 Å². The zero-order valence-corrected chi connectivity index (χ0v) is 17.6. The fraction of sp³-hybridized carbons (Fsp3) is 0.708. The van der Waals surface area contributed by atoms with Crippen molar-refractivity contribution < 1.29 is 15.0 Å². The number of carbonyl (C=O) groups is 1. The van der Waals surface area contributed by atoms with E-state index in [1.54, 1.807) is 6.08 Å². The molecule has 0 radical (unpaired) electrons. The Morgan fingerprint density at radius 3 is 2.48 bits per heavy atom. The van der Waals surface area contributed by atoms with Crippen molar-refractivity contribution in [3.8, 4) is 0 Å². The Labute approximate surface area is 165 Å². The highest BCUT2D eigenvalue weighted by atomic mass is 16.4. The van der Waals surface area contributed by atoms with E-state index in [1.165, 1.54) is 11.6 Å². The molecule has 2 aliphatic rings. The Bertz CT molecular complexity index is 586. The number of hydrogen-bond acceptors (Lipinski definition) is 2. The first-order valence-corrected chi connectivity index (χ1v) is 10.6. The maximum atomic E-state index is 10.8. The molecule has 152 valence electrons. The van der Waals surface area contributed by atoms with Crippen molar-refractivity contribution in [2.75, 3.05) is 0 Å². The van der Waals surface area contributed by atoms with Gasteiger partial charge in [-0.15, -0.1) is 0 Å². The average molecular weight is 375 g/mol. The summed E-state index contributed by atoms with van der Waals surface area (Å²) in [4.78, 5) is 10.8. The van der Waals surface area contributed by atoms with E-state index in [0.29, 0.717) is 41.4 Å². The largest absolute Gasteiger partial charge is 0.478 e. The molecule has 0 aromatic carbocycles. The smallest absolute Gasteiger partial charge is 0.328 e. The number of aliphatic hydroxyl groups is 1. The zero-order chi connectivity index (χ0) is 20.1. The van der Waals surface area contributed by atoms with Crippen LogP contribution in [-0.2, 0) is 4.79 Å². The molecule has 0 unspecified atom stereocenters. The van der Waals surface area contributed by atoms with Gasteiger partial charge in [-0.1, -0.05) is 57.6 Å². The molecular formula is C24H38O3. The van der Waals surface area contributed by atoms with Gasteiger partial charge in [0.1, 0.15) is 0 Å². The van der Waals surface area contributed by atoms with Crippen LogP contribution in [0, 0.1) is 41.4 Å². The highest BCUT2D eigenvalue weighted by Crippen LogP contribution is 2.53. The number of aliphatic carboxylic acids is 1. The Kier molecular flexibility index (Phi) is 7.91. The Morgan fingerprint density at radius 2 is 1.85 bits per heavy atom. The first kappa shape index (κ1) is 21.9. The average Bonchev–Trinajstić information content (AvgIpc) is 2.59. The third kappa shape index (κ3) is 5.57. The van der Waals surface area contributed by atoms with Gasteiger partial charge in [0.15, 0.2) is 0 Å². The molecule has 0 aromatic heterocycles. The van der Waals surface area contributed by atoms with Gasteiger partial charge in [-0.3, -0.25) is 0 Å². The summed E-state index contributed by atoms with van der Waals surface area (Å²) in [6.45, 7) is 11.4. The van der Waals surface area contributed by atoms with Crippen LogP contribution in [0.4, 0.5) is 0 Å². The van der Waals surface area contributed by atoms with E-state index >= 15 is 0 Å². The van der Waals surface area contributed by atoms with Crippen molar-refractivity contribution >= 4 is 5.97 Å². The van der Waals surface area contributed by atoms with Crippen LogP contribution in [0.15, 0.2) is 36.0 Å². The topological polar surface area (TPSA) is 57.5 Å². The van der Waals surface area contributed by atoms with Crippen molar-refractivity contribution in [2.24, 2.45) is 41.4 Å². The van der Waals surface area contributed by atoms with Crippen molar-refractivity contribution in [2.45, 2.75) is 66.4 Å². The van der Waals surface area contributed by atoms with Crippen LogP contribution in [0.3, 0.4) is 0 Å². The lowest BCUT2D eigenvalue weighted by Gasteiger charge is -2.52. The van der Waals surface area contributed by atoms with Crippen LogP contribution < -0.4 is 0 Å². The molecule has 2 saturated carbocycles. The summed E-state index contributed by atoms with van der Waals surface area (Å²) >= 11 is 0. The molecule has 0 saturated heterocycles. The number of carboxylic acids is 1. The molecule has 2 aliphatic carbocycles. The predicted octanol–water partition coefficient (Wildman–Crippen LogP) is 5.47. The number of aliphatic hydroxyl groups excluding tert-OH is 1. The highest BCUT2D eigenvalue weighted by Gasteiger charge is 2.48. The minimum Gasteiger partial charge on any atom is -0.478 e. The molecule has 27 heavy (non-hydrogen) atoms. The molecule has 0 heterocycles. The highest BCUT2D eigenvalue weighted by molar-refractivity contribution is 5.80. The summed E-state index contributed by atoms with van der Waals surface area (Å²) in [6, 6.07) is 0. The normalized spacial score (nSPS) is 37.9. The summed E-state index contributed by atoms with van der Waals surface area (Å²) < 4.78 is 0. The summed E-state index contributed by atoms with van der Waals surface area (Å²) in [5.74, 6) is 2.48. The lowest BCUT2D eigenvalue weighted by molar-refractivity contribution is -0.131. The minimum absolute atomic E-state index is 0.194. The molecular weight excluding hydrogens is 336 g/mol. The van der Waals surface area contributed by atoms with Crippen molar-refractivity contribution in [1.82, 2.24) is 0 Å². The minimum atomic E-state index is -0.916. The molecule has 2 rings (SSSR count). The van der Waals surface area contributed by atoms with Gasteiger partial charge in [-0.25, -0.2) is 4.79 Å².